The molecule has 0 aliphatic carbocycles. The summed E-state index contributed by atoms with van der Waals surface area (Å²) in [7, 11) is 0. The first-order chi connectivity index (χ1) is 24.1. The fourth-order valence-electron chi connectivity index (χ4n) is 6.58. The maximum Gasteiger partial charge on any atom is 0.143 e. The summed E-state index contributed by atoms with van der Waals surface area (Å²) in [6.07, 6.45) is 1.75. The Hall–Kier alpha value is -5.52. The predicted molar refractivity (Wildman–Crippen MR) is 211 cm³/mol. The zero-order valence-corrected chi connectivity index (χ0v) is 29.7. The average molecular weight is 671 g/mol. The highest BCUT2D eigenvalue weighted by atomic mass is 32.1. The number of thiazole rings is 1. The number of phenols is 1. The number of aromatic nitrogens is 1. The molecule has 0 aliphatic heterocycles. The summed E-state index contributed by atoms with van der Waals surface area (Å²) in [6.45, 7) is 11.0. The van der Waals surface area contributed by atoms with Crippen LogP contribution in [0.15, 0.2) is 131 Å². The van der Waals surface area contributed by atoms with E-state index in [4.69, 9.17) is 14.4 Å². The monoisotopic (exact) mass is 670 g/mol. The van der Waals surface area contributed by atoms with Crippen molar-refractivity contribution in [3.05, 3.63) is 138 Å². The van der Waals surface area contributed by atoms with Gasteiger partial charge in [0.2, 0.25) is 0 Å². The first-order valence-corrected chi connectivity index (χ1v) is 17.9. The van der Waals surface area contributed by atoms with Crippen molar-refractivity contribution in [1.29, 1.82) is 0 Å². The topological polar surface area (TPSA) is 58.6 Å². The van der Waals surface area contributed by atoms with Crippen molar-refractivity contribution >= 4 is 55.4 Å². The summed E-state index contributed by atoms with van der Waals surface area (Å²) in [5, 5.41) is 13.8. The SMILES string of the molecule is CC(C)c1cccc(-c2cc(-c3cccc4c3oc3ccccc34)c3nc(-c4ccccc4N=Cc4cc(C(C)(C)C)ccc4O)sc3c2)c1. The van der Waals surface area contributed by atoms with Crippen molar-refractivity contribution in [2.45, 2.75) is 46.0 Å². The van der Waals surface area contributed by atoms with Gasteiger partial charge in [0, 0.05) is 39.2 Å². The van der Waals surface area contributed by atoms with Crippen LogP contribution in [0.3, 0.4) is 0 Å². The van der Waals surface area contributed by atoms with Gasteiger partial charge in [-0.15, -0.1) is 11.3 Å². The molecule has 0 spiro atoms. The van der Waals surface area contributed by atoms with Gasteiger partial charge in [0.15, 0.2) is 0 Å². The van der Waals surface area contributed by atoms with Crippen LogP contribution < -0.4 is 0 Å². The molecular weight excluding hydrogens is 633 g/mol. The number of nitrogens with zero attached hydrogens (tertiary/aromatic N) is 2. The van der Waals surface area contributed by atoms with Crippen molar-refractivity contribution in [2.75, 3.05) is 0 Å². The molecule has 50 heavy (non-hydrogen) atoms. The average Bonchev–Trinajstić information content (AvgIpc) is 3.72. The molecule has 2 aromatic heterocycles. The van der Waals surface area contributed by atoms with Crippen molar-refractivity contribution < 1.29 is 9.52 Å². The first-order valence-electron chi connectivity index (χ1n) is 17.1. The third kappa shape index (κ3) is 5.78. The molecule has 1 N–H and O–H groups in total. The van der Waals surface area contributed by atoms with Gasteiger partial charge in [-0.1, -0.05) is 113 Å². The Bertz CT molecular complexity index is 2580. The summed E-state index contributed by atoms with van der Waals surface area (Å²) in [5.74, 6) is 0.630. The van der Waals surface area contributed by atoms with Crippen molar-refractivity contribution in [3.63, 3.8) is 0 Å². The second kappa shape index (κ2) is 12.4. The Labute approximate surface area is 296 Å². The quantitative estimate of drug-likeness (QED) is 0.179. The zero-order valence-electron chi connectivity index (χ0n) is 28.9. The molecule has 0 saturated heterocycles. The highest BCUT2D eigenvalue weighted by Gasteiger charge is 2.20. The van der Waals surface area contributed by atoms with Gasteiger partial charge in [0.1, 0.15) is 21.9 Å². The first kappa shape index (κ1) is 31.7. The maximum absolute atomic E-state index is 10.7. The molecule has 0 radical (unpaired) electrons. The lowest BCUT2D eigenvalue weighted by Crippen LogP contribution is -2.11. The van der Waals surface area contributed by atoms with Crippen LogP contribution in [-0.4, -0.2) is 16.3 Å². The van der Waals surface area contributed by atoms with Gasteiger partial charge in [-0.3, -0.25) is 4.99 Å². The third-order valence-electron chi connectivity index (χ3n) is 9.45. The van der Waals surface area contributed by atoms with Gasteiger partial charge in [0.25, 0.3) is 0 Å². The molecule has 4 nitrogen and oxygen atoms in total. The van der Waals surface area contributed by atoms with Gasteiger partial charge < -0.3 is 9.52 Å². The maximum atomic E-state index is 10.7. The molecule has 0 aliphatic rings. The van der Waals surface area contributed by atoms with E-state index < -0.39 is 0 Å². The summed E-state index contributed by atoms with van der Waals surface area (Å²) in [6, 6.07) is 41.8. The summed E-state index contributed by atoms with van der Waals surface area (Å²) in [4.78, 5) is 10.2. The van der Waals surface area contributed by atoms with Gasteiger partial charge >= 0.3 is 0 Å². The number of rotatable bonds is 6. The predicted octanol–water partition coefficient (Wildman–Crippen LogP) is 13.1. The van der Waals surface area contributed by atoms with Crippen LogP contribution in [0.25, 0.3) is 65.0 Å². The van der Waals surface area contributed by atoms with Crippen LogP contribution in [0.5, 0.6) is 5.75 Å². The number of fused-ring (bicyclic) bond motifs is 4. The molecule has 0 bridgehead atoms. The van der Waals surface area contributed by atoms with E-state index in [0.29, 0.717) is 11.5 Å². The Balaban J connectivity index is 1.31. The van der Waals surface area contributed by atoms with Crippen molar-refractivity contribution in [2.24, 2.45) is 4.99 Å². The number of furan rings is 1. The summed E-state index contributed by atoms with van der Waals surface area (Å²) >= 11 is 1.67. The number of benzene rings is 6. The molecular formula is C45H38N2O2S. The lowest BCUT2D eigenvalue weighted by molar-refractivity contribution is 0.473. The van der Waals surface area contributed by atoms with E-state index in [0.717, 1.165) is 70.7 Å². The molecule has 0 fully saturated rings. The number of para-hydroxylation sites is 3. The minimum absolute atomic E-state index is 0.0471. The van der Waals surface area contributed by atoms with Gasteiger partial charge in [0.05, 0.1) is 15.9 Å². The third-order valence-corrected chi connectivity index (χ3v) is 10.5. The van der Waals surface area contributed by atoms with Crippen LogP contribution in [-0.2, 0) is 5.41 Å². The summed E-state index contributed by atoms with van der Waals surface area (Å²) < 4.78 is 7.63. The Morgan fingerprint density at radius 1 is 0.740 bits per heavy atom. The van der Waals surface area contributed by atoms with Gasteiger partial charge in [-0.05, 0) is 76.1 Å². The van der Waals surface area contributed by atoms with Crippen LogP contribution in [0.2, 0.25) is 0 Å². The van der Waals surface area contributed by atoms with Crippen LogP contribution in [0.1, 0.15) is 57.2 Å². The van der Waals surface area contributed by atoms with Crippen molar-refractivity contribution in [3.8, 4) is 38.6 Å². The highest BCUT2D eigenvalue weighted by Crippen LogP contribution is 2.44. The molecule has 8 aromatic rings. The molecule has 0 saturated carbocycles. The fraction of sp³-hybridized carbons (Fsp3) is 0.156. The van der Waals surface area contributed by atoms with Crippen molar-refractivity contribution in [1.82, 2.24) is 4.98 Å². The molecule has 2 heterocycles. The van der Waals surface area contributed by atoms with Crippen LogP contribution in [0.4, 0.5) is 5.69 Å². The highest BCUT2D eigenvalue weighted by molar-refractivity contribution is 7.21. The molecule has 0 unspecified atom stereocenters. The number of hydrogen-bond acceptors (Lipinski definition) is 5. The summed E-state index contributed by atoms with van der Waals surface area (Å²) in [5.41, 5.74) is 11.8. The van der Waals surface area contributed by atoms with Crippen LogP contribution >= 0.6 is 11.3 Å². The van der Waals surface area contributed by atoms with Gasteiger partial charge in [-0.25, -0.2) is 4.98 Å². The molecule has 8 rings (SSSR count). The van der Waals surface area contributed by atoms with E-state index in [-0.39, 0.29) is 11.2 Å². The second-order valence-electron chi connectivity index (χ2n) is 14.2. The van der Waals surface area contributed by atoms with E-state index in [1.807, 2.05) is 42.5 Å². The number of hydrogen-bond donors (Lipinski definition) is 1. The van der Waals surface area contributed by atoms with Crippen LogP contribution in [0, 0.1) is 0 Å². The normalized spacial score (nSPS) is 12.3. The Morgan fingerprint density at radius 2 is 1.50 bits per heavy atom. The molecule has 5 heteroatoms. The van der Waals surface area contributed by atoms with E-state index in [1.54, 1.807) is 23.6 Å². The Morgan fingerprint density at radius 3 is 2.34 bits per heavy atom. The zero-order chi connectivity index (χ0) is 34.6. The minimum atomic E-state index is -0.0471. The molecule has 6 aromatic carbocycles. The molecule has 0 amide bonds. The fourth-order valence-corrected chi connectivity index (χ4v) is 7.65. The number of aromatic hydroxyl groups is 1. The lowest BCUT2D eigenvalue weighted by atomic mass is 9.86. The Kier molecular flexibility index (Phi) is 7.88. The largest absolute Gasteiger partial charge is 0.507 e. The second-order valence-corrected chi connectivity index (χ2v) is 15.3. The number of aliphatic imine (C=N–C) groups is 1. The van der Waals surface area contributed by atoms with E-state index in [1.165, 1.54) is 11.1 Å². The number of phenolic OH excluding ortho intramolecular Hbond substituents is 1. The minimum Gasteiger partial charge on any atom is -0.507 e. The van der Waals surface area contributed by atoms with E-state index in [9.17, 15) is 5.11 Å². The standard InChI is InChI=1S/C45H38N2O2S/c1-27(2)28-12-10-13-29(22-28)30-24-37(35-17-11-16-34-33-14-7-9-19-40(33)49-43(34)35)42-41(25-30)50-44(47-42)36-15-6-8-18-38(36)46-26-31-23-32(45(3,4)5)20-21-39(31)48/h6-27,48H,1-5H3. The lowest BCUT2D eigenvalue weighted by Gasteiger charge is -2.19. The molecule has 246 valence electrons. The van der Waals surface area contributed by atoms with Gasteiger partial charge in [-0.2, -0.15) is 0 Å². The molecule has 0 atom stereocenters. The smallest absolute Gasteiger partial charge is 0.143 e. The van der Waals surface area contributed by atoms with E-state index in [2.05, 4.69) is 107 Å². The van der Waals surface area contributed by atoms with E-state index >= 15 is 0 Å².